The molecule has 0 fully saturated rings. The second-order valence-electron chi connectivity index (χ2n) is 5.47. The highest BCUT2D eigenvalue weighted by atomic mass is 32.2. The number of benzene rings is 2. The van der Waals surface area contributed by atoms with Gasteiger partial charge in [0.05, 0.1) is 10.9 Å². The van der Waals surface area contributed by atoms with Crippen molar-refractivity contribution >= 4 is 40.9 Å². The van der Waals surface area contributed by atoms with Gasteiger partial charge >= 0.3 is 5.97 Å². The molecule has 0 saturated heterocycles. The van der Waals surface area contributed by atoms with Crippen molar-refractivity contribution in [1.29, 1.82) is 0 Å². The first-order valence-corrected chi connectivity index (χ1v) is 8.54. The van der Waals surface area contributed by atoms with Crippen molar-refractivity contribution in [3.63, 3.8) is 0 Å². The number of carbonyl (C=O) groups is 3. The lowest BCUT2D eigenvalue weighted by Crippen LogP contribution is -2.32. The Labute approximate surface area is 148 Å². The molecule has 0 aromatic heterocycles. The Morgan fingerprint density at radius 3 is 2.80 bits per heavy atom. The fourth-order valence-corrected chi connectivity index (χ4v) is 3.52. The van der Waals surface area contributed by atoms with Crippen LogP contribution in [0.2, 0.25) is 0 Å². The predicted octanol–water partition coefficient (Wildman–Crippen LogP) is 3.05. The van der Waals surface area contributed by atoms with Gasteiger partial charge in [0.15, 0.2) is 0 Å². The van der Waals surface area contributed by atoms with E-state index in [0.717, 1.165) is 10.6 Å². The van der Waals surface area contributed by atoms with Crippen LogP contribution in [-0.4, -0.2) is 23.0 Å². The molecule has 2 aromatic rings. The van der Waals surface area contributed by atoms with Crippen molar-refractivity contribution in [1.82, 2.24) is 0 Å². The maximum atomic E-state index is 12.3. The van der Waals surface area contributed by atoms with E-state index in [-0.39, 0.29) is 18.2 Å². The number of thioether (sulfide) groups is 1. The van der Waals surface area contributed by atoms with Gasteiger partial charge < -0.3 is 15.4 Å². The molecule has 3 rings (SSSR count). The summed E-state index contributed by atoms with van der Waals surface area (Å²) in [6, 6.07) is 14.0. The highest BCUT2D eigenvalue weighted by Gasteiger charge is 2.28. The number of amides is 2. The van der Waals surface area contributed by atoms with Crippen LogP contribution >= 0.6 is 11.8 Å². The van der Waals surface area contributed by atoms with E-state index in [1.54, 1.807) is 24.3 Å². The van der Waals surface area contributed by atoms with Gasteiger partial charge in [-0.1, -0.05) is 18.2 Å². The summed E-state index contributed by atoms with van der Waals surface area (Å²) in [6.45, 7) is 1.31. The molecule has 2 N–H and O–H groups in total. The van der Waals surface area contributed by atoms with Gasteiger partial charge in [-0.3, -0.25) is 14.4 Å². The van der Waals surface area contributed by atoms with Crippen LogP contribution in [-0.2, 0) is 14.4 Å². The lowest BCUT2D eigenvalue weighted by molar-refractivity contribution is -0.131. The van der Waals surface area contributed by atoms with Crippen molar-refractivity contribution in [2.45, 2.75) is 23.5 Å². The Morgan fingerprint density at radius 1 is 1.20 bits per heavy atom. The molecule has 25 heavy (non-hydrogen) atoms. The fourth-order valence-electron chi connectivity index (χ4n) is 2.41. The van der Waals surface area contributed by atoms with Crippen LogP contribution in [0, 0.1) is 0 Å². The number of hydrogen-bond acceptors (Lipinski definition) is 5. The van der Waals surface area contributed by atoms with Crippen LogP contribution in [0.5, 0.6) is 5.75 Å². The Balaban J connectivity index is 1.63. The number of fused-ring (bicyclic) bond motifs is 1. The van der Waals surface area contributed by atoms with E-state index < -0.39 is 11.2 Å². The van der Waals surface area contributed by atoms with Crippen molar-refractivity contribution in [2.24, 2.45) is 0 Å². The van der Waals surface area contributed by atoms with Crippen molar-refractivity contribution < 1.29 is 19.1 Å². The number of ether oxygens (including phenoxy) is 1. The molecule has 6 nitrogen and oxygen atoms in total. The van der Waals surface area contributed by atoms with Gasteiger partial charge in [0.2, 0.25) is 11.8 Å². The van der Waals surface area contributed by atoms with Gasteiger partial charge in [-0.25, -0.2) is 0 Å². The molecule has 128 valence electrons. The largest absolute Gasteiger partial charge is 0.427 e. The van der Waals surface area contributed by atoms with Crippen LogP contribution in [0.25, 0.3) is 0 Å². The second-order valence-corrected chi connectivity index (χ2v) is 6.71. The minimum Gasteiger partial charge on any atom is -0.427 e. The van der Waals surface area contributed by atoms with Gasteiger partial charge in [0.1, 0.15) is 5.75 Å². The van der Waals surface area contributed by atoms with Crippen LogP contribution < -0.4 is 15.4 Å². The molecule has 0 bridgehead atoms. The van der Waals surface area contributed by atoms with Gasteiger partial charge in [0.25, 0.3) is 0 Å². The standard InChI is InChI=1S/C18H16N2O4S/c1-11(21)24-13-6-4-5-12(9-13)19-17(22)10-16-18(23)20-14-7-2-3-8-15(14)25-16/h2-9,16H,10H2,1H3,(H,19,22)(H,20,23). The first-order chi connectivity index (χ1) is 12.0. The molecule has 0 spiro atoms. The number of hydrogen-bond donors (Lipinski definition) is 2. The van der Waals surface area contributed by atoms with Gasteiger partial charge in [0, 0.05) is 30.0 Å². The van der Waals surface area contributed by atoms with Crippen molar-refractivity contribution in [3.8, 4) is 5.75 Å². The minimum absolute atomic E-state index is 0.0443. The molecule has 2 aromatic carbocycles. The smallest absolute Gasteiger partial charge is 0.308 e. The first-order valence-electron chi connectivity index (χ1n) is 7.66. The molecule has 1 aliphatic rings. The zero-order valence-corrected chi connectivity index (χ0v) is 14.3. The van der Waals surface area contributed by atoms with Gasteiger partial charge in [-0.2, -0.15) is 0 Å². The summed E-state index contributed by atoms with van der Waals surface area (Å²) >= 11 is 1.37. The normalized spacial score (nSPS) is 15.7. The number of rotatable bonds is 4. The topological polar surface area (TPSA) is 84.5 Å². The lowest BCUT2D eigenvalue weighted by atomic mass is 10.2. The third-order valence-electron chi connectivity index (χ3n) is 3.46. The average Bonchev–Trinajstić information content (AvgIpc) is 2.55. The third-order valence-corrected chi connectivity index (χ3v) is 4.73. The highest BCUT2D eigenvalue weighted by Crippen LogP contribution is 2.36. The molecule has 1 heterocycles. The molecule has 7 heteroatoms. The van der Waals surface area contributed by atoms with E-state index >= 15 is 0 Å². The number of para-hydroxylation sites is 1. The van der Waals surface area contributed by atoms with Crippen molar-refractivity contribution in [2.75, 3.05) is 10.6 Å². The van der Waals surface area contributed by atoms with E-state index in [2.05, 4.69) is 10.6 Å². The summed E-state index contributed by atoms with van der Waals surface area (Å²) < 4.78 is 4.98. The Bertz CT molecular complexity index is 837. The van der Waals surface area contributed by atoms with Crippen molar-refractivity contribution in [3.05, 3.63) is 48.5 Å². The monoisotopic (exact) mass is 356 g/mol. The molecular weight excluding hydrogens is 340 g/mol. The second kappa shape index (κ2) is 7.40. The third kappa shape index (κ3) is 4.39. The number of anilines is 2. The zero-order chi connectivity index (χ0) is 17.8. The quantitative estimate of drug-likeness (QED) is 0.650. The molecule has 0 saturated carbocycles. The Hall–Kier alpha value is -2.80. The van der Waals surface area contributed by atoms with E-state index in [1.807, 2.05) is 24.3 Å². The van der Waals surface area contributed by atoms with Crippen LogP contribution in [0.3, 0.4) is 0 Å². The molecule has 1 aliphatic heterocycles. The summed E-state index contributed by atoms with van der Waals surface area (Å²) in [7, 11) is 0. The molecule has 0 radical (unpaired) electrons. The lowest BCUT2D eigenvalue weighted by Gasteiger charge is -2.23. The SMILES string of the molecule is CC(=O)Oc1cccc(NC(=O)CC2Sc3ccccc3NC2=O)c1. The van der Waals surface area contributed by atoms with E-state index in [9.17, 15) is 14.4 Å². The summed E-state index contributed by atoms with van der Waals surface area (Å²) in [6.07, 6.45) is 0.0443. The number of esters is 1. The summed E-state index contributed by atoms with van der Waals surface area (Å²) in [5.74, 6) is -0.555. The number of nitrogens with one attached hydrogen (secondary N) is 2. The average molecular weight is 356 g/mol. The minimum atomic E-state index is -0.494. The van der Waals surface area contributed by atoms with Crippen LogP contribution in [0.1, 0.15) is 13.3 Å². The summed E-state index contributed by atoms with van der Waals surface area (Å²) in [5.41, 5.74) is 1.27. The summed E-state index contributed by atoms with van der Waals surface area (Å²) in [4.78, 5) is 36.3. The maximum Gasteiger partial charge on any atom is 0.308 e. The van der Waals surface area contributed by atoms with Crippen LogP contribution in [0.15, 0.2) is 53.4 Å². The summed E-state index contributed by atoms with van der Waals surface area (Å²) in [5, 5.41) is 5.04. The van der Waals surface area contributed by atoms with E-state index in [0.29, 0.717) is 11.4 Å². The van der Waals surface area contributed by atoms with E-state index in [4.69, 9.17) is 4.74 Å². The first kappa shape index (κ1) is 17.0. The molecule has 1 atom stereocenters. The Kier molecular flexibility index (Phi) is 5.04. The molecule has 0 aliphatic carbocycles. The highest BCUT2D eigenvalue weighted by molar-refractivity contribution is 8.01. The molecule has 1 unspecified atom stereocenters. The van der Waals surface area contributed by atoms with Gasteiger partial charge in [-0.15, -0.1) is 11.8 Å². The Morgan fingerprint density at radius 2 is 2.00 bits per heavy atom. The molecule has 2 amide bonds. The zero-order valence-electron chi connectivity index (χ0n) is 13.4. The molecular formula is C18H16N2O4S. The van der Waals surface area contributed by atoms with Crippen LogP contribution in [0.4, 0.5) is 11.4 Å². The van der Waals surface area contributed by atoms with Gasteiger partial charge in [-0.05, 0) is 24.3 Å². The van der Waals surface area contributed by atoms with E-state index in [1.165, 1.54) is 18.7 Å². The maximum absolute atomic E-state index is 12.3. The predicted molar refractivity (Wildman–Crippen MR) is 95.7 cm³/mol. The number of carbonyl (C=O) groups excluding carboxylic acids is 3. The fraction of sp³-hybridized carbons (Fsp3) is 0.167.